The van der Waals surface area contributed by atoms with E-state index in [1.165, 1.54) is 0 Å². The van der Waals surface area contributed by atoms with E-state index in [2.05, 4.69) is 31.7 Å². The Morgan fingerprint density at radius 2 is 0.782 bits per heavy atom. The van der Waals surface area contributed by atoms with Crippen LogP contribution in [0.5, 0.6) is 0 Å². The van der Waals surface area contributed by atoms with Gasteiger partial charge in [0.1, 0.15) is 6.54 Å². The summed E-state index contributed by atoms with van der Waals surface area (Å²) in [7, 11) is 0. The van der Waals surface area contributed by atoms with Gasteiger partial charge in [0.25, 0.3) is 0 Å². The molecule has 0 unspecified atom stereocenters. The standard InChI is InChI=1S/C45H32N8O2/c54-41(55)3-1-2-26-53-27-18-32(19-28-53)45-39-10-8-37(51-39)43(30-14-22-47-23-15-30)35-6-4-33(49-35)42(29-12-20-46-21-13-29)34-5-7-36(50-34)44(31-16-24-48-25-17-31)38-9-11-40(45)52-38/h4-25,27-28H,1-3,26H2/p+1. The van der Waals surface area contributed by atoms with E-state index in [4.69, 9.17) is 25.1 Å². The zero-order valence-electron chi connectivity index (χ0n) is 29.6. The van der Waals surface area contributed by atoms with E-state index in [9.17, 15) is 4.79 Å². The van der Waals surface area contributed by atoms with Crippen molar-refractivity contribution in [2.24, 2.45) is 20.0 Å². The van der Waals surface area contributed by atoms with Crippen LogP contribution >= 0.6 is 0 Å². The van der Waals surface area contributed by atoms with Crippen LogP contribution in [-0.2, 0) is 11.3 Å². The van der Waals surface area contributed by atoms with Crippen molar-refractivity contribution in [3.05, 3.63) is 192 Å². The van der Waals surface area contributed by atoms with E-state index in [1.807, 2.05) is 97.4 Å². The monoisotopic (exact) mass is 717 g/mol. The first-order valence-electron chi connectivity index (χ1n) is 18.1. The Bertz CT molecular complexity index is 2580. The molecule has 8 bridgehead atoms. The lowest BCUT2D eigenvalue weighted by atomic mass is 9.99. The number of carboxylic acid groups (broad SMARTS) is 1. The largest absolute Gasteiger partial charge is 0.481 e. The van der Waals surface area contributed by atoms with Gasteiger partial charge in [-0.05, 0) is 114 Å². The smallest absolute Gasteiger partial charge is 0.303 e. The van der Waals surface area contributed by atoms with Gasteiger partial charge in [-0.25, -0.2) is 24.5 Å². The number of hydrogen-bond donors (Lipinski definition) is 1. The zero-order chi connectivity index (χ0) is 37.1. The van der Waals surface area contributed by atoms with Crippen LogP contribution in [0.15, 0.2) is 189 Å². The van der Waals surface area contributed by atoms with Crippen molar-refractivity contribution < 1.29 is 14.5 Å². The Morgan fingerprint density at radius 3 is 1.11 bits per heavy atom. The molecule has 5 aliphatic heterocycles. The molecule has 0 radical (unpaired) electrons. The maximum absolute atomic E-state index is 11.0. The molecular formula is C45H33N8O2+. The number of pyridine rings is 4. The van der Waals surface area contributed by atoms with Crippen molar-refractivity contribution in [3.8, 4) is 0 Å². The summed E-state index contributed by atoms with van der Waals surface area (Å²) < 4.78 is 2.08. The van der Waals surface area contributed by atoms with Gasteiger partial charge in [0.15, 0.2) is 12.4 Å². The number of rotatable bonds is 9. The second-order valence-electron chi connectivity index (χ2n) is 13.2. The number of allylic oxidation sites excluding steroid dienone is 12. The van der Waals surface area contributed by atoms with Crippen LogP contribution in [-0.4, -0.2) is 48.9 Å². The third kappa shape index (κ3) is 6.73. The predicted octanol–water partition coefficient (Wildman–Crippen LogP) is 7.42. The van der Waals surface area contributed by atoms with Gasteiger partial charge in [-0.1, -0.05) is 0 Å². The maximum atomic E-state index is 11.0. The first kappa shape index (κ1) is 33.5. The van der Waals surface area contributed by atoms with E-state index in [1.54, 1.807) is 37.2 Å². The van der Waals surface area contributed by atoms with E-state index >= 15 is 0 Å². The molecule has 1 N–H and O–H groups in total. The second-order valence-corrected chi connectivity index (χ2v) is 13.2. The van der Waals surface area contributed by atoms with Crippen LogP contribution in [0, 0.1) is 0 Å². The van der Waals surface area contributed by atoms with Crippen molar-refractivity contribution in [3.63, 3.8) is 0 Å². The van der Waals surface area contributed by atoms with Crippen LogP contribution in [0.2, 0.25) is 0 Å². The molecule has 4 aromatic heterocycles. The minimum Gasteiger partial charge on any atom is -0.481 e. The molecule has 0 saturated heterocycles. The molecule has 0 atom stereocenters. The van der Waals surface area contributed by atoms with Crippen LogP contribution in [0.3, 0.4) is 0 Å². The summed E-state index contributed by atoms with van der Waals surface area (Å²) in [5, 5.41) is 9.06. The minimum absolute atomic E-state index is 0.164. The second kappa shape index (κ2) is 14.6. The number of nitrogens with zero attached hydrogens (tertiary/aromatic N) is 8. The molecule has 10 nitrogen and oxygen atoms in total. The Hall–Kier alpha value is -7.33. The third-order valence-electron chi connectivity index (χ3n) is 9.75. The average molecular weight is 718 g/mol. The molecule has 0 saturated carbocycles. The number of aliphatic carboxylic acids is 1. The molecule has 9 heterocycles. The van der Waals surface area contributed by atoms with E-state index in [-0.39, 0.29) is 6.42 Å². The Morgan fingerprint density at radius 1 is 0.455 bits per heavy atom. The molecule has 9 rings (SSSR count). The fraction of sp³-hybridized carbons (Fsp3) is 0.0889. The molecule has 55 heavy (non-hydrogen) atoms. The van der Waals surface area contributed by atoms with Crippen LogP contribution in [0.1, 0.15) is 41.5 Å². The van der Waals surface area contributed by atoms with Crippen molar-refractivity contribution in [2.45, 2.75) is 25.8 Å². The predicted molar refractivity (Wildman–Crippen MR) is 215 cm³/mol. The van der Waals surface area contributed by atoms with Crippen molar-refractivity contribution in [2.75, 3.05) is 0 Å². The van der Waals surface area contributed by atoms with Crippen LogP contribution in [0.25, 0.3) is 22.3 Å². The van der Waals surface area contributed by atoms with Gasteiger partial charge < -0.3 is 5.11 Å². The highest BCUT2D eigenvalue weighted by Crippen LogP contribution is 2.38. The van der Waals surface area contributed by atoms with Gasteiger partial charge in [0.2, 0.25) is 0 Å². The molecule has 0 spiro atoms. The molecule has 10 heteroatoms. The summed E-state index contributed by atoms with van der Waals surface area (Å²) in [5.41, 5.74) is 13.5. The highest BCUT2D eigenvalue weighted by molar-refractivity contribution is 6.39. The van der Waals surface area contributed by atoms with Gasteiger partial charge >= 0.3 is 5.97 Å². The maximum Gasteiger partial charge on any atom is 0.303 e. The summed E-state index contributed by atoms with van der Waals surface area (Å²) in [6.07, 6.45) is 32.6. The van der Waals surface area contributed by atoms with Crippen LogP contribution in [0.4, 0.5) is 0 Å². The Labute approximate surface area is 317 Å². The third-order valence-corrected chi connectivity index (χ3v) is 9.75. The van der Waals surface area contributed by atoms with Crippen molar-refractivity contribution in [1.29, 1.82) is 0 Å². The first-order chi connectivity index (χ1) is 27.1. The average Bonchev–Trinajstić information content (AvgIpc) is 4.06. The van der Waals surface area contributed by atoms with Gasteiger partial charge in [-0.3, -0.25) is 19.7 Å². The zero-order valence-corrected chi connectivity index (χ0v) is 29.6. The quantitative estimate of drug-likeness (QED) is 0.142. The Kier molecular flexibility index (Phi) is 8.89. The van der Waals surface area contributed by atoms with Crippen molar-refractivity contribution in [1.82, 2.24) is 15.0 Å². The molecule has 5 aliphatic rings. The summed E-state index contributed by atoms with van der Waals surface area (Å²) in [5.74, 6) is -0.772. The SMILES string of the molecule is O=C(O)CCCC[n+]1ccc(C2=C3C=CC(=N3)C(c3ccncc3)=C3C=CC(=N3)C(c3ccncc3)=C3C=CC(=N3)C(c3ccncc3)=C3C=CC2=N3)cc1. The summed E-state index contributed by atoms with van der Waals surface area (Å²) in [6.45, 7) is 0.721. The molecule has 0 amide bonds. The highest BCUT2D eigenvalue weighted by atomic mass is 16.4. The fourth-order valence-corrected chi connectivity index (χ4v) is 7.17. The highest BCUT2D eigenvalue weighted by Gasteiger charge is 2.27. The molecule has 4 aromatic rings. The molecule has 0 aromatic carbocycles. The van der Waals surface area contributed by atoms with E-state index < -0.39 is 5.97 Å². The number of aryl methyl sites for hydroxylation is 1. The van der Waals surface area contributed by atoms with E-state index in [0.29, 0.717) is 6.42 Å². The first-order valence-corrected chi connectivity index (χ1v) is 18.1. The number of aromatic nitrogens is 4. The van der Waals surface area contributed by atoms with E-state index in [0.717, 1.165) is 103 Å². The topological polar surface area (TPSA) is 129 Å². The fourth-order valence-electron chi connectivity index (χ4n) is 7.17. The molecule has 0 aliphatic carbocycles. The Balaban J connectivity index is 1.27. The minimum atomic E-state index is -0.772. The number of unbranched alkanes of at least 4 members (excludes halogenated alkanes) is 1. The van der Waals surface area contributed by atoms with Crippen molar-refractivity contribution >= 4 is 51.1 Å². The number of carboxylic acids is 1. The normalized spacial score (nSPS) is 17.0. The number of aliphatic imine (C=N–C) groups is 4. The number of carbonyl (C=O) groups is 1. The summed E-state index contributed by atoms with van der Waals surface area (Å²) >= 11 is 0. The number of fused-ring (bicyclic) bond motifs is 4. The molecule has 0 fully saturated rings. The molecular weight excluding hydrogens is 685 g/mol. The van der Waals surface area contributed by atoms with Gasteiger partial charge in [0.05, 0.1) is 45.6 Å². The lowest BCUT2D eigenvalue weighted by Crippen LogP contribution is -2.32. The van der Waals surface area contributed by atoms with Gasteiger partial charge in [-0.15, -0.1) is 0 Å². The lowest BCUT2D eigenvalue weighted by molar-refractivity contribution is -0.697. The summed E-state index contributed by atoms with van der Waals surface area (Å²) in [4.78, 5) is 45.1. The molecule has 264 valence electrons. The number of hydrogen-bond acceptors (Lipinski definition) is 8. The van der Waals surface area contributed by atoms with Gasteiger partial charge in [0, 0.05) is 84.4 Å². The summed E-state index contributed by atoms with van der Waals surface area (Å²) in [6, 6.07) is 16.0. The van der Waals surface area contributed by atoms with Gasteiger partial charge in [-0.2, -0.15) is 0 Å². The lowest BCUT2D eigenvalue weighted by Gasteiger charge is -2.12. The van der Waals surface area contributed by atoms with Crippen LogP contribution < -0.4 is 4.57 Å².